The highest BCUT2D eigenvalue weighted by Crippen LogP contribution is 2.20. The quantitative estimate of drug-likeness (QED) is 0.688. The molecule has 1 heterocycles. The van der Waals surface area contributed by atoms with E-state index in [2.05, 4.69) is 29.0 Å². The fourth-order valence-corrected chi connectivity index (χ4v) is 2.60. The van der Waals surface area contributed by atoms with E-state index >= 15 is 0 Å². The molecule has 0 saturated carbocycles. The van der Waals surface area contributed by atoms with Gasteiger partial charge >= 0.3 is 0 Å². The molecule has 0 spiro atoms. The summed E-state index contributed by atoms with van der Waals surface area (Å²) in [7, 11) is 1.70. The Morgan fingerprint density at radius 1 is 1.04 bits per heavy atom. The van der Waals surface area contributed by atoms with Gasteiger partial charge in [-0.3, -0.25) is 9.78 Å². The summed E-state index contributed by atoms with van der Waals surface area (Å²) in [6.07, 6.45) is 4.13. The molecular weight excluding hydrogens is 334 g/mol. The molecule has 126 valence electrons. The van der Waals surface area contributed by atoms with Crippen LogP contribution in [0.5, 0.6) is 0 Å². The third-order valence-electron chi connectivity index (χ3n) is 4.03. The van der Waals surface area contributed by atoms with Gasteiger partial charge in [-0.2, -0.15) is 0 Å². The van der Waals surface area contributed by atoms with Crippen LogP contribution in [-0.2, 0) is 6.42 Å². The molecule has 25 heavy (non-hydrogen) atoms. The Hall–Kier alpha value is -2.72. The van der Waals surface area contributed by atoms with Gasteiger partial charge in [-0.1, -0.05) is 42.8 Å². The fraction of sp³-hybridized carbons (Fsp3) is 0.150. The third-order valence-corrected chi connectivity index (χ3v) is 4.28. The molecule has 0 bridgehead atoms. The second kappa shape index (κ2) is 7.45. The van der Waals surface area contributed by atoms with Crippen LogP contribution in [0.4, 0.5) is 5.69 Å². The van der Waals surface area contributed by atoms with E-state index in [-0.39, 0.29) is 5.91 Å². The zero-order chi connectivity index (χ0) is 17.8. The predicted octanol–water partition coefficient (Wildman–Crippen LogP) is 4.64. The number of rotatable bonds is 4. The molecule has 0 aliphatic rings. The molecular formula is C20H18ClN3O. The zero-order valence-electron chi connectivity index (χ0n) is 14.1. The molecule has 0 saturated heterocycles. The lowest BCUT2D eigenvalue weighted by Gasteiger charge is -2.17. The number of hydrogen-bond donors (Lipinski definition) is 0. The number of amides is 1. The van der Waals surface area contributed by atoms with Gasteiger partial charge in [0, 0.05) is 23.3 Å². The van der Waals surface area contributed by atoms with Gasteiger partial charge in [-0.15, -0.1) is 0 Å². The SMILES string of the molecule is CCc1ccc(-c2cncc(C(=O)N(C)c3ccc(Cl)cc3)n2)cc1. The molecule has 4 nitrogen and oxygen atoms in total. The van der Waals surface area contributed by atoms with Crippen molar-refractivity contribution >= 4 is 23.2 Å². The number of benzene rings is 2. The van der Waals surface area contributed by atoms with Crippen molar-refractivity contribution in [3.05, 3.63) is 77.2 Å². The molecule has 0 radical (unpaired) electrons. The molecule has 0 atom stereocenters. The van der Waals surface area contributed by atoms with Crippen LogP contribution < -0.4 is 4.90 Å². The first kappa shape index (κ1) is 17.1. The first-order valence-electron chi connectivity index (χ1n) is 8.03. The minimum Gasteiger partial charge on any atom is -0.310 e. The lowest BCUT2D eigenvalue weighted by atomic mass is 10.1. The molecule has 0 aliphatic carbocycles. The number of nitrogens with zero attached hydrogens (tertiary/aromatic N) is 3. The minimum atomic E-state index is -0.221. The number of carbonyl (C=O) groups is 1. The van der Waals surface area contributed by atoms with Gasteiger partial charge in [0.1, 0.15) is 5.69 Å². The number of carbonyl (C=O) groups excluding carboxylic acids is 1. The summed E-state index contributed by atoms with van der Waals surface area (Å²) in [5.74, 6) is -0.221. The Bertz CT molecular complexity index is 876. The first-order valence-corrected chi connectivity index (χ1v) is 8.41. The third kappa shape index (κ3) is 3.86. The van der Waals surface area contributed by atoms with E-state index in [1.165, 1.54) is 16.7 Å². The van der Waals surface area contributed by atoms with Crippen LogP contribution in [0, 0.1) is 0 Å². The molecule has 1 aromatic heterocycles. The van der Waals surface area contributed by atoms with Crippen LogP contribution in [0.2, 0.25) is 5.02 Å². The number of hydrogen-bond acceptors (Lipinski definition) is 3. The van der Waals surface area contributed by atoms with Gasteiger partial charge in [-0.05, 0) is 36.2 Å². The van der Waals surface area contributed by atoms with Gasteiger partial charge in [0.05, 0.1) is 18.1 Å². The Kier molecular flexibility index (Phi) is 5.10. The van der Waals surface area contributed by atoms with Crippen molar-refractivity contribution in [3.63, 3.8) is 0 Å². The van der Waals surface area contributed by atoms with Crippen LogP contribution >= 0.6 is 11.6 Å². The standard InChI is InChI=1S/C20H18ClN3O/c1-3-14-4-6-15(7-5-14)18-12-22-13-19(23-18)20(25)24(2)17-10-8-16(21)9-11-17/h4-13H,3H2,1-2H3. The summed E-state index contributed by atoms with van der Waals surface area (Å²) in [4.78, 5) is 22.9. The minimum absolute atomic E-state index is 0.221. The summed E-state index contributed by atoms with van der Waals surface area (Å²) < 4.78 is 0. The maximum atomic E-state index is 12.7. The van der Waals surface area contributed by atoms with Crippen molar-refractivity contribution in [2.75, 3.05) is 11.9 Å². The van der Waals surface area contributed by atoms with Crippen LogP contribution in [0.1, 0.15) is 23.0 Å². The lowest BCUT2D eigenvalue weighted by Crippen LogP contribution is -2.27. The van der Waals surface area contributed by atoms with E-state index in [1.807, 2.05) is 12.1 Å². The second-order valence-electron chi connectivity index (χ2n) is 5.68. The van der Waals surface area contributed by atoms with Crippen molar-refractivity contribution in [1.82, 2.24) is 9.97 Å². The van der Waals surface area contributed by atoms with Crippen molar-refractivity contribution in [1.29, 1.82) is 0 Å². The molecule has 2 aromatic carbocycles. The Balaban J connectivity index is 1.87. The monoisotopic (exact) mass is 351 g/mol. The Labute approximate surface area is 152 Å². The highest BCUT2D eigenvalue weighted by Gasteiger charge is 2.16. The van der Waals surface area contributed by atoms with E-state index in [0.29, 0.717) is 16.4 Å². The predicted molar refractivity (Wildman–Crippen MR) is 101 cm³/mol. The van der Waals surface area contributed by atoms with Gasteiger partial charge in [-0.25, -0.2) is 4.98 Å². The normalized spacial score (nSPS) is 10.5. The van der Waals surface area contributed by atoms with Crippen molar-refractivity contribution in [2.45, 2.75) is 13.3 Å². The van der Waals surface area contributed by atoms with Gasteiger partial charge in [0.15, 0.2) is 0 Å². The number of anilines is 1. The summed E-state index contributed by atoms with van der Waals surface area (Å²) >= 11 is 5.90. The van der Waals surface area contributed by atoms with Gasteiger partial charge in [0.25, 0.3) is 5.91 Å². The van der Waals surface area contributed by atoms with E-state index in [9.17, 15) is 4.79 Å². The first-order chi connectivity index (χ1) is 12.1. The van der Waals surface area contributed by atoms with E-state index in [0.717, 1.165) is 17.7 Å². The van der Waals surface area contributed by atoms with Crippen molar-refractivity contribution in [3.8, 4) is 11.3 Å². The average molecular weight is 352 g/mol. The van der Waals surface area contributed by atoms with Crippen LogP contribution in [-0.4, -0.2) is 22.9 Å². The fourth-order valence-electron chi connectivity index (χ4n) is 2.47. The molecule has 1 amide bonds. The molecule has 0 unspecified atom stereocenters. The molecule has 3 aromatic rings. The lowest BCUT2D eigenvalue weighted by molar-refractivity contribution is 0.0988. The summed E-state index contributed by atoms with van der Waals surface area (Å²) in [6.45, 7) is 2.11. The summed E-state index contributed by atoms with van der Waals surface area (Å²) in [6, 6.07) is 15.2. The molecule has 5 heteroatoms. The topological polar surface area (TPSA) is 46.1 Å². The van der Waals surface area contributed by atoms with Crippen molar-refractivity contribution < 1.29 is 4.79 Å². The number of halogens is 1. The summed E-state index contributed by atoms with van der Waals surface area (Å²) in [5, 5.41) is 0.627. The Morgan fingerprint density at radius 2 is 1.72 bits per heavy atom. The van der Waals surface area contributed by atoms with E-state index in [1.54, 1.807) is 37.5 Å². The van der Waals surface area contributed by atoms with Crippen molar-refractivity contribution in [2.24, 2.45) is 0 Å². The highest BCUT2D eigenvalue weighted by atomic mass is 35.5. The van der Waals surface area contributed by atoms with Crippen LogP contribution in [0.3, 0.4) is 0 Å². The zero-order valence-corrected chi connectivity index (χ0v) is 14.9. The largest absolute Gasteiger partial charge is 0.310 e. The number of aromatic nitrogens is 2. The highest BCUT2D eigenvalue weighted by molar-refractivity contribution is 6.30. The Morgan fingerprint density at radius 3 is 2.36 bits per heavy atom. The molecule has 0 aliphatic heterocycles. The van der Waals surface area contributed by atoms with Crippen LogP contribution in [0.15, 0.2) is 60.9 Å². The van der Waals surface area contributed by atoms with Gasteiger partial charge < -0.3 is 4.90 Å². The second-order valence-corrected chi connectivity index (χ2v) is 6.12. The van der Waals surface area contributed by atoms with E-state index < -0.39 is 0 Å². The number of aryl methyl sites for hydroxylation is 1. The average Bonchev–Trinajstić information content (AvgIpc) is 2.67. The van der Waals surface area contributed by atoms with Gasteiger partial charge in [0.2, 0.25) is 0 Å². The van der Waals surface area contributed by atoms with Crippen LogP contribution in [0.25, 0.3) is 11.3 Å². The maximum absolute atomic E-state index is 12.7. The maximum Gasteiger partial charge on any atom is 0.278 e. The van der Waals surface area contributed by atoms with E-state index in [4.69, 9.17) is 11.6 Å². The molecule has 0 fully saturated rings. The molecule has 0 N–H and O–H groups in total. The molecule has 3 rings (SSSR count). The summed E-state index contributed by atoms with van der Waals surface area (Å²) in [5.41, 5.74) is 3.92. The smallest absolute Gasteiger partial charge is 0.278 e.